The van der Waals surface area contributed by atoms with E-state index in [-0.39, 0.29) is 11.7 Å². The van der Waals surface area contributed by atoms with Crippen LogP contribution in [0.3, 0.4) is 0 Å². The number of hydrogen-bond acceptors (Lipinski definition) is 5. The van der Waals surface area contributed by atoms with Gasteiger partial charge in [-0.25, -0.2) is 0 Å². The zero-order valence-electron chi connectivity index (χ0n) is 13.5. The number of carbonyl (C=O) groups is 1. The quantitative estimate of drug-likeness (QED) is 0.720. The van der Waals surface area contributed by atoms with E-state index >= 15 is 0 Å². The van der Waals surface area contributed by atoms with Crippen molar-refractivity contribution in [3.63, 3.8) is 0 Å². The maximum absolute atomic E-state index is 11.3. The van der Waals surface area contributed by atoms with E-state index in [1.54, 1.807) is 18.2 Å². The van der Waals surface area contributed by atoms with Gasteiger partial charge in [-0.15, -0.1) is 0 Å². The molecule has 5 heteroatoms. The van der Waals surface area contributed by atoms with E-state index in [0.29, 0.717) is 24.4 Å². The lowest BCUT2D eigenvalue weighted by Crippen LogP contribution is -2.01. The molecular formula is C19H18O5. The summed E-state index contributed by atoms with van der Waals surface area (Å²) < 4.78 is 15.7. The molecule has 0 saturated heterocycles. The van der Waals surface area contributed by atoms with Crippen LogP contribution in [0.1, 0.15) is 12.0 Å². The SMILES string of the molecule is COC(=O)CCc1ccc2oc(-c3ccc(O)c(OC)c3)cc2c1. The van der Waals surface area contributed by atoms with Gasteiger partial charge in [-0.1, -0.05) is 6.07 Å². The second-order valence-corrected chi connectivity index (χ2v) is 5.45. The van der Waals surface area contributed by atoms with Gasteiger partial charge >= 0.3 is 5.97 Å². The van der Waals surface area contributed by atoms with Gasteiger partial charge in [-0.05, 0) is 48.4 Å². The van der Waals surface area contributed by atoms with Crippen molar-refractivity contribution >= 4 is 16.9 Å². The van der Waals surface area contributed by atoms with Crippen molar-refractivity contribution in [2.75, 3.05) is 14.2 Å². The molecule has 0 atom stereocenters. The topological polar surface area (TPSA) is 68.9 Å². The van der Waals surface area contributed by atoms with Crippen molar-refractivity contribution in [1.29, 1.82) is 0 Å². The predicted octanol–water partition coefficient (Wildman–Crippen LogP) is 3.92. The lowest BCUT2D eigenvalue weighted by atomic mass is 10.1. The summed E-state index contributed by atoms with van der Waals surface area (Å²) in [7, 11) is 2.89. The molecule has 1 aromatic heterocycles. The minimum absolute atomic E-state index is 0.0856. The minimum Gasteiger partial charge on any atom is -0.504 e. The first-order valence-corrected chi connectivity index (χ1v) is 7.57. The zero-order chi connectivity index (χ0) is 17.1. The third-order valence-electron chi connectivity index (χ3n) is 3.89. The molecule has 0 unspecified atom stereocenters. The number of phenols is 1. The van der Waals surface area contributed by atoms with Gasteiger partial charge in [0.25, 0.3) is 0 Å². The first-order valence-electron chi connectivity index (χ1n) is 7.57. The number of benzene rings is 2. The Morgan fingerprint density at radius 3 is 2.71 bits per heavy atom. The van der Waals surface area contributed by atoms with E-state index in [0.717, 1.165) is 22.1 Å². The molecule has 3 aromatic rings. The smallest absolute Gasteiger partial charge is 0.305 e. The third-order valence-corrected chi connectivity index (χ3v) is 3.89. The molecular weight excluding hydrogens is 308 g/mol. The van der Waals surface area contributed by atoms with E-state index < -0.39 is 0 Å². The lowest BCUT2D eigenvalue weighted by molar-refractivity contribution is -0.140. The highest BCUT2D eigenvalue weighted by atomic mass is 16.5. The molecule has 1 N–H and O–H groups in total. The molecule has 0 aliphatic carbocycles. The number of fused-ring (bicyclic) bond motifs is 1. The van der Waals surface area contributed by atoms with Gasteiger partial charge in [0, 0.05) is 17.4 Å². The Hall–Kier alpha value is -2.95. The summed E-state index contributed by atoms with van der Waals surface area (Å²) in [6.45, 7) is 0. The summed E-state index contributed by atoms with van der Waals surface area (Å²) >= 11 is 0. The summed E-state index contributed by atoms with van der Waals surface area (Å²) in [6, 6.07) is 12.8. The maximum atomic E-state index is 11.3. The highest BCUT2D eigenvalue weighted by Gasteiger charge is 2.10. The molecule has 5 nitrogen and oxygen atoms in total. The molecule has 0 saturated carbocycles. The van der Waals surface area contributed by atoms with Crippen LogP contribution in [0.25, 0.3) is 22.3 Å². The van der Waals surface area contributed by atoms with Crippen LogP contribution in [0.4, 0.5) is 0 Å². The molecule has 2 aromatic carbocycles. The van der Waals surface area contributed by atoms with Gasteiger partial charge in [-0.2, -0.15) is 0 Å². The van der Waals surface area contributed by atoms with Gasteiger partial charge in [-0.3, -0.25) is 4.79 Å². The van der Waals surface area contributed by atoms with E-state index in [2.05, 4.69) is 4.74 Å². The molecule has 0 spiro atoms. The van der Waals surface area contributed by atoms with E-state index in [1.807, 2.05) is 24.3 Å². The van der Waals surface area contributed by atoms with Crippen LogP contribution in [0, 0.1) is 0 Å². The van der Waals surface area contributed by atoms with Crippen molar-refractivity contribution < 1.29 is 23.8 Å². The fraction of sp³-hybridized carbons (Fsp3) is 0.211. The molecule has 124 valence electrons. The Morgan fingerprint density at radius 1 is 1.12 bits per heavy atom. The van der Waals surface area contributed by atoms with Gasteiger partial charge in [0.1, 0.15) is 11.3 Å². The maximum Gasteiger partial charge on any atom is 0.305 e. The normalized spacial score (nSPS) is 10.8. The summed E-state index contributed by atoms with van der Waals surface area (Å²) in [5, 5.41) is 10.6. The molecule has 0 amide bonds. The highest BCUT2D eigenvalue weighted by Crippen LogP contribution is 2.34. The fourth-order valence-electron chi connectivity index (χ4n) is 2.57. The summed E-state index contributed by atoms with van der Waals surface area (Å²) in [4.78, 5) is 11.3. The molecule has 24 heavy (non-hydrogen) atoms. The van der Waals surface area contributed by atoms with Crippen molar-refractivity contribution in [1.82, 2.24) is 0 Å². The third kappa shape index (κ3) is 3.20. The number of ether oxygens (including phenoxy) is 2. The number of aryl methyl sites for hydroxylation is 1. The standard InChI is InChI=1S/C19H18O5/c1-22-18-10-13(5-6-15(18)20)17-11-14-9-12(3-7-16(14)24-17)4-8-19(21)23-2/h3,5-7,9-11,20H,4,8H2,1-2H3. The van der Waals surface area contributed by atoms with Crippen LogP contribution in [-0.2, 0) is 16.0 Å². The van der Waals surface area contributed by atoms with Crippen molar-refractivity contribution in [3.8, 4) is 22.8 Å². The Balaban J connectivity index is 1.89. The lowest BCUT2D eigenvalue weighted by Gasteiger charge is -2.04. The minimum atomic E-state index is -0.223. The van der Waals surface area contributed by atoms with Crippen LogP contribution < -0.4 is 4.74 Å². The number of esters is 1. The fourth-order valence-corrected chi connectivity index (χ4v) is 2.57. The van der Waals surface area contributed by atoms with Crippen LogP contribution in [0.2, 0.25) is 0 Å². The van der Waals surface area contributed by atoms with Crippen LogP contribution in [0.5, 0.6) is 11.5 Å². The summed E-state index contributed by atoms with van der Waals surface area (Å²) in [5.41, 5.74) is 2.62. The van der Waals surface area contributed by atoms with Gasteiger partial charge < -0.3 is 19.0 Å². The first kappa shape index (κ1) is 15.9. The average Bonchev–Trinajstić information content (AvgIpc) is 3.03. The first-order chi connectivity index (χ1) is 11.6. The van der Waals surface area contributed by atoms with Crippen LogP contribution in [-0.4, -0.2) is 25.3 Å². The molecule has 0 aliphatic rings. The predicted molar refractivity (Wildman–Crippen MR) is 90.2 cm³/mol. The monoisotopic (exact) mass is 326 g/mol. The van der Waals surface area contributed by atoms with E-state index in [9.17, 15) is 9.90 Å². The second-order valence-electron chi connectivity index (χ2n) is 5.45. The van der Waals surface area contributed by atoms with Crippen molar-refractivity contribution in [3.05, 3.63) is 48.0 Å². The summed E-state index contributed by atoms with van der Waals surface area (Å²) in [5.74, 6) is 0.946. The van der Waals surface area contributed by atoms with Gasteiger partial charge in [0.2, 0.25) is 0 Å². The Labute approximate surface area is 139 Å². The van der Waals surface area contributed by atoms with Crippen LogP contribution >= 0.6 is 0 Å². The number of aromatic hydroxyl groups is 1. The van der Waals surface area contributed by atoms with Gasteiger partial charge in [0.05, 0.1) is 14.2 Å². The number of methoxy groups -OCH3 is 2. The van der Waals surface area contributed by atoms with Crippen molar-refractivity contribution in [2.45, 2.75) is 12.8 Å². The number of phenolic OH excluding ortho intramolecular Hbond substituents is 1. The molecule has 0 aliphatic heterocycles. The van der Waals surface area contributed by atoms with Crippen molar-refractivity contribution in [2.24, 2.45) is 0 Å². The number of furan rings is 1. The van der Waals surface area contributed by atoms with E-state index in [4.69, 9.17) is 9.15 Å². The zero-order valence-corrected chi connectivity index (χ0v) is 13.5. The Kier molecular flexibility index (Phi) is 4.42. The highest BCUT2D eigenvalue weighted by molar-refractivity contribution is 5.84. The van der Waals surface area contributed by atoms with E-state index in [1.165, 1.54) is 14.2 Å². The largest absolute Gasteiger partial charge is 0.504 e. The molecule has 3 rings (SSSR count). The second kappa shape index (κ2) is 6.66. The van der Waals surface area contributed by atoms with Crippen LogP contribution in [0.15, 0.2) is 46.9 Å². The molecule has 0 fully saturated rings. The number of rotatable bonds is 5. The molecule has 0 bridgehead atoms. The van der Waals surface area contributed by atoms with Gasteiger partial charge in [0.15, 0.2) is 11.5 Å². The average molecular weight is 326 g/mol. The Morgan fingerprint density at radius 2 is 1.96 bits per heavy atom. The number of carbonyl (C=O) groups excluding carboxylic acids is 1. The molecule has 1 heterocycles. The summed E-state index contributed by atoms with van der Waals surface area (Å²) in [6.07, 6.45) is 0.970. The number of hydrogen-bond donors (Lipinski definition) is 1. The molecule has 0 radical (unpaired) electrons. The Bertz CT molecular complexity index is 879.